The number of hydrogen-bond donors (Lipinski definition) is 1. The van der Waals surface area contributed by atoms with Crippen molar-refractivity contribution in [3.05, 3.63) is 0 Å². The van der Waals surface area contributed by atoms with Gasteiger partial charge in [-0.05, 0) is 20.5 Å². The van der Waals surface area contributed by atoms with Crippen LogP contribution in [0.25, 0.3) is 0 Å². The molecule has 0 aromatic heterocycles. The van der Waals surface area contributed by atoms with E-state index in [1.54, 1.807) is 0 Å². The quantitative estimate of drug-likeness (QED) is 0.693. The fourth-order valence-electron chi connectivity index (χ4n) is 3.50. The predicted molar refractivity (Wildman–Crippen MR) is 63.6 cm³/mol. The lowest BCUT2D eigenvalue weighted by Gasteiger charge is -2.40. The molecule has 4 unspecified atom stereocenters. The number of ether oxygens (including phenoxy) is 1. The van der Waals surface area contributed by atoms with Crippen LogP contribution in [0.4, 0.5) is 0 Å². The highest BCUT2D eigenvalue weighted by Gasteiger charge is 2.45. The molecule has 0 aromatic rings. The Bertz CT molecular complexity index is 259. The highest BCUT2D eigenvalue weighted by molar-refractivity contribution is 5.01. The Hall–Kier alpha value is -0.160. The Morgan fingerprint density at radius 3 is 2.75 bits per heavy atom. The molecule has 0 saturated carbocycles. The van der Waals surface area contributed by atoms with Gasteiger partial charge in [-0.15, -0.1) is 0 Å². The van der Waals surface area contributed by atoms with E-state index in [1.165, 1.54) is 26.1 Å². The first-order valence-corrected chi connectivity index (χ1v) is 6.47. The second-order valence-electron chi connectivity index (χ2n) is 5.63. The van der Waals surface area contributed by atoms with Gasteiger partial charge in [0.15, 0.2) is 0 Å². The summed E-state index contributed by atoms with van der Waals surface area (Å²) in [6, 6.07) is 2.02. The number of likely N-dealkylation sites (tertiary alicyclic amines) is 2. The molecule has 4 heteroatoms. The molecule has 3 rings (SSSR count). The van der Waals surface area contributed by atoms with E-state index in [1.807, 2.05) is 7.05 Å². The summed E-state index contributed by atoms with van der Waals surface area (Å²) in [7, 11) is 4.29. The highest BCUT2D eigenvalue weighted by Crippen LogP contribution is 2.33. The van der Waals surface area contributed by atoms with Gasteiger partial charge < -0.3 is 15.0 Å². The lowest BCUT2D eigenvalue weighted by Crippen LogP contribution is -2.53. The third kappa shape index (κ3) is 1.78. The molecule has 3 fully saturated rings. The number of nitrogens with zero attached hydrogens (tertiary/aromatic N) is 2. The van der Waals surface area contributed by atoms with Gasteiger partial charge in [0.25, 0.3) is 0 Å². The monoisotopic (exact) mass is 225 g/mol. The number of rotatable bonds is 2. The maximum absolute atomic E-state index is 5.70. The minimum absolute atomic E-state index is 0.551. The van der Waals surface area contributed by atoms with Gasteiger partial charge >= 0.3 is 0 Å². The topological polar surface area (TPSA) is 27.7 Å². The van der Waals surface area contributed by atoms with Gasteiger partial charge in [-0.3, -0.25) is 4.90 Å². The molecule has 0 amide bonds. The van der Waals surface area contributed by atoms with Crippen LogP contribution in [0.3, 0.4) is 0 Å². The molecule has 0 aromatic carbocycles. The van der Waals surface area contributed by atoms with E-state index in [4.69, 9.17) is 4.74 Å². The van der Waals surface area contributed by atoms with Crippen LogP contribution in [0.2, 0.25) is 0 Å². The van der Waals surface area contributed by atoms with Crippen molar-refractivity contribution in [2.45, 2.75) is 24.5 Å². The van der Waals surface area contributed by atoms with Crippen molar-refractivity contribution in [2.75, 3.05) is 46.9 Å². The number of nitrogens with one attached hydrogen (secondary N) is 1. The van der Waals surface area contributed by atoms with E-state index in [2.05, 4.69) is 22.2 Å². The van der Waals surface area contributed by atoms with E-state index in [-0.39, 0.29) is 0 Å². The number of hydrogen-bond acceptors (Lipinski definition) is 4. The van der Waals surface area contributed by atoms with E-state index in [9.17, 15) is 0 Å². The van der Waals surface area contributed by atoms with Crippen LogP contribution in [-0.2, 0) is 4.74 Å². The van der Waals surface area contributed by atoms with Gasteiger partial charge in [-0.25, -0.2) is 0 Å². The normalized spacial score (nSPS) is 45.4. The van der Waals surface area contributed by atoms with E-state index in [0.717, 1.165) is 25.2 Å². The van der Waals surface area contributed by atoms with Crippen molar-refractivity contribution in [3.8, 4) is 0 Å². The lowest BCUT2D eigenvalue weighted by molar-refractivity contribution is 0.00757. The molecule has 3 saturated heterocycles. The minimum atomic E-state index is 0.551. The largest absolute Gasteiger partial charge is 0.378 e. The zero-order valence-corrected chi connectivity index (χ0v) is 10.4. The molecule has 0 bridgehead atoms. The van der Waals surface area contributed by atoms with Crippen molar-refractivity contribution < 1.29 is 4.74 Å². The Balaban J connectivity index is 1.57. The summed E-state index contributed by atoms with van der Waals surface area (Å²) in [5, 5.41) is 3.34. The molecular formula is C12H23N3O. The third-order valence-electron chi connectivity index (χ3n) is 4.63. The molecular weight excluding hydrogens is 202 g/mol. The van der Waals surface area contributed by atoms with Crippen molar-refractivity contribution in [2.24, 2.45) is 5.92 Å². The van der Waals surface area contributed by atoms with E-state index in [0.29, 0.717) is 12.1 Å². The first-order valence-electron chi connectivity index (χ1n) is 6.47. The first kappa shape index (κ1) is 11.0. The van der Waals surface area contributed by atoms with Crippen molar-refractivity contribution >= 4 is 0 Å². The zero-order valence-electron chi connectivity index (χ0n) is 10.4. The molecule has 3 aliphatic heterocycles. The number of likely N-dealkylation sites (N-methyl/N-ethyl adjacent to an activating group) is 2. The van der Waals surface area contributed by atoms with Crippen LogP contribution < -0.4 is 5.32 Å². The Kier molecular flexibility index (Phi) is 2.92. The standard InChI is InChI=1S/C12H23N3O/c1-13-10-3-11(8-16-7-10)15-5-9-4-14(2)12(9)6-15/h9-13H,3-8H2,1-2H3. The van der Waals surface area contributed by atoms with Gasteiger partial charge in [0.05, 0.1) is 13.2 Å². The SMILES string of the molecule is CNC1COCC(N2CC3CN(C)C3C2)C1. The maximum atomic E-state index is 5.70. The molecule has 0 radical (unpaired) electrons. The van der Waals surface area contributed by atoms with Gasteiger partial charge in [0.2, 0.25) is 0 Å². The predicted octanol–water partition coefficient (Wildman–Crippen LogP) is -0.391. The second kappa shape index (κ2) is 4.26. The summed E-state index contributed by atoms with van der Waals surface area (Å²) in [5.74, 6) is 0.931. The molecule has 4 nitrogen and oxygen atoms in total. The van der Waals surface area contributed by atoms with Gasteiger partial charge in [-0.1, -0.05) is 0 Å². The van der Waals surface area contributed by atoms with E-state index >= 15 is 0 Å². The van der Waals surface area contributed by atoms with Crippen LogP contribution in [0.1, 0.15) is 6.42 Å². The summed E-state index contributed by atoms with van der Waals surface area (Å²) in [6.45, 7) is 5.66. The minimum Gasteiger partial charge on any atom is -0.378 e. The van der Waals surface area contributed by atoms with E-state index < -0.39 is 0 Å². The molecule has 4 atom stereocenters. The molecule has 92 valence electrons. The molecule has 3 heterocycles. The summed E-state index contributed by atoms with van der Waals surface area (Å²) >= 11 is 0. The molecule has 16 heavy (non-hydrogen) atoms. The van der Waals surface area contributed by atoms with Crippen molar-refractivity contribution in [1.29, 1.82) is 0 Å². The van der Waals surface area contributed by atoms with Gasteiger partial charge in [0, 0.05) is 43.7 Å². The Morgan fingerprint density at radius 2 is 2.06 bits per heavy atom. The first-order chi connectivity index (χ1) is 7.78. The summed E-state index contributed by atoms with van der Waals surface area (Å²) in [6.07, 6.45) is 1.25. The lowest BCUT2D eigenvalue weighted by atomic mass is 9.93. The highest BCUT2D eigenvalue weighted by atomic mass is 16.5. The zero-order chi connectivity index (χ0) is 11.1. The van der Waals surface area contributed by atoms with Crippen LogP contribution in [0.5, 0.6) is 0 Å². The van der Waals surface area contributed by atoms with Crippen molar-refractivity contribution in [3.63, 3.8) is 0 Å². The maximum Gasteiger partial charge on any atom is 0.0623 e. The van der Waals surface area contributed by atoms with Crippen LogP contribution in [-0.4, -0.2) is 74.9 Å². The Morgan fingerprint density at radius 1 is 1.19 bits per heavy atom. The van der Waals surface area contributed by atoms with Gasteiger partial charge in [0.1, 0.15) is 0 Å². The van der Waals surface area contributed by atoms with Crippen molar-refractivity contribution in [1.82, 2.24) is 15.1 Å². The average molecular weight is 225 g/mol. The molecule has 1 N–H and O–H groups in total. The van der Waals surface area contributed by atoms with Crippen LogP contribution in [0, 0.1) is 5.92 Å². The van der Waals surface area contributed by atoms with Crippen LogP contribution in [0.15, 0.2) is 0 Å². The summed E-state index contributed by atoms with van der Waals surface area (Å²) in [4.78, 5) is 5.15. The average Bonchev–Trinajstić information content (AvgIpc) is 2.67. The van der Waals surface area contributed by atoms with Crippen LogP contribution >= 0.6 is 0 Å². The van der Waals surface area contributed by atoms with Gasteiger partial charge in [-0.2, -0.15) is 0 Å². The molecule has 3 aliphatic rings. The fourth-order valence-corrected chi connectivity index (χ4v) is 3.50. The molecule has 0 spiro atoms. The summed E-state index contributed by atoms with van der Waals surface area (Å²) < 4.78 is 5.70. The Labute approximate surface area is 97.9 Å². The second-order valence-corrected chi connectivity index (χ2v) is 5.63. The number of fused-ring (bicyclic) bond motifs is 1. The smallest absolute Gasteiger partial charge is 0.0623 e. The molecule has 0 aliphatic carbocycles. The fraction of sp³-hybridized carbons (Fsp3) is 1.00. The summed E-state index contributed by atoms with van der Waals surface area (Å²) in [5.41, 5.74) is 0. The third-order valence-corrected chi connectivity index (χ3v) is 4.63.